The third-order valence-corrected chi connectivity index (χ3v) is 3.70. The second-order valence-electron chi connectivity index (χ2n) is 3.56. The van der Waals surface area contributed by atoms with Gasteiger partial charge in [0.25, 0.3) is 0 Å². The highest BCUT2D eigenvalue weighted by molar-refractivity contribution is 8.23. The maximum atomic E-state index is 13.2. The lowest BCUT2D eigenvalue weighted by Crippen LogP contribution is -2.59. The molecule has 0 amide bonds. The van der Waals surface area contributed by atoms with Gasteiger partial charge < -0.3 is 0 Å². The van der Waals surface area contributed by atoms with Crippen LogP contribution in [0.4, 0.5) is 35.1 Å². The predicted octanol–water partition coefficient (Wildman–Crippen LogP) is 5.02. The van der Waals surface area contributed by atoms with Crippen LogP contribution in [0.15, 0.2) is 0 Å². The number of thioether (sulfide) groups is 1. The predicted molar refractivity (Wildman–Crippen MR) is 60.8 cm³/mol. The highest BCUT2D eigenvalue weighted by Gasteiger charge is 2.76. The third kappa shape index (κ3) is 3.71. The first-order valence-electron chi connectivity index (χ1n) is 5.01. The van der Waals surface area contributed by atoms with Crippen LogP contribution < -0.4 is 0 Å². The Morgan fingerprint density at radius 3 is 1.95 bits per heavy atom. The van der Waals surface area contributed by atoms with Crippen molar-refractivity contribution in [2.45, 2.75) is 44.0 Å². The highest BCUT2D eigenvalue weighted by Crippen LogP contribution is 2.50. The molecule has 0 bridgehead atoms. The average Bonchev–Trinajstić information content (AvgIpc) is 2.28. The zero-order chi connectivity index (χ0) is 15.5. The molecular weight excluding hydrogens is 324 g/mol. The van der Waals surface area contributed by atoms with E-state index in [1.165, 1.54) is 0 Å². The van der Waals surface area contributed by atoms with Gasteiger partial charge in [0.2, 0.25) is 0 Å². The smallest absolute Gasteiger partial charge is 0.203 e. The van der Waals surface area contributed by atoms with Crippen molar-refractivity contribution in [1.82, 2.24) is 0 Å². The van der Waals surface area contributed by atoms with Crippen molar-refractivity contribution in [3.63, 3.8) is 0 Å². The van der Waals surface area contributed by atoms with Crippen LogP contribution in [0.2, 0.25) is 0 Å². The van der Waals surface area contributed by atoms with Crippen molar-refractivity contribution < 1.29 is 35.1 Å². The molecule has 0 fully saturated rings. The Balaban J connectivity index is 5.11. The Kier molecular flexibility index (Phi) is 6.51. The van der Waals surface area contributed by atoms with Gasteiger partial charge in [-0.25, -0.2) is 8.78 Å². The monoisotopic (exact) mass is 334 g/mol. The molecule has 0 spiro atoms. The minimum absolute atomic E-state index is 0.0821. The molecule has 0 nitrogen and oxygen atoms in total. The molecule has 0 aliphatic rings. The SMILES string of the molecule is CCCCSC(=S)C(F)(F)C(F)(F)C(F)(F)C(F)F. The van der Waals surface area contributed by atoms with Crippen molar-refractivity contribution in [3.8, 4) is 0 Å². The fraction of sp³-hybridized carbons (Fsp3) is 0.889. The van der Waals surface area contributed by atoms with E-state index in [9.17, 15) is 35.1 Å². The van der Waals surface area contributed by atoms with E-state index in [-0.39, 0.29) is 17.5 Å². The van der Waals surface area contributed by atoms with Crippen molar-refractivity contribution >= 4 is 28.2 Å². The van der Waals surface area contributed by atoms with Gasteiger partial charge in [-0.3, -0.25) is 0 Å². The molecule has 0 aromatic heterocycles. The molecule has 0 heterocycles. The van der Waals surface area contributed by atoms with Gasteiger partial charge in [0.1, 0.15) is 4.20 Å². The van der Waals surface area contributed by atoms with Crippen molar-refractivity contribution in [2.24, 2.45) is 0 Å². The summed E-state index contributed by atoms with van der Waals surface area (Å²) in [6, 6.07) is 0. The van der Waals surface area contributed by atoms with Gasteiger partial charge in [0.15, 0.2) is 0 Å². The Labute approximate surface area is 113 Å². The molecule has 0 saturated heterocycles. The Morgan fingerprint density at radius 1 is 1.11 bits per heavy atom. The zero-order valence-electron chi connectivity index (χ0n) is 9.54. The number of rotatable bonds is 7. The number of thiocarbonyl (C=S) groups is 1. The van der Waals surface area contributed by atoms with Gasteiger partial charge in [-0.15, -0.1) is 11.8 Å². The molecule has 0 aromatic carbocycles. The molecule has 19 heavy (non-hydrogen) atoms. The summed E-state index contributed by atoms with van der Waals surface area (Å²) in [6.45, 7) is 1.68. The van der Waals surface area contributed by atoms with E-state index in [4.69, 9.17) is 0 Å². The molecular formula is C9H10F8S2. The van der Waals surface area contributed by atoms with Gasteiger partial charge >= 0.3 is 24.2 Å². The molecule has 0 aromatic rings. The summed E-state index contributed by atoms with van der Waals surface area (Å²) in [5.41, 5.74) is 0. The van der Waals surface area contributed by atoms with Crippen molar-refractivity contribution in [3.05, 3.63) is 0 Å². The van der Waals surface area contributed by atoms with Crippen molar-refractivity contribution in [1.29, 1.82) is 0 Å². The summed E-state index contributed by atoms with van der Waals surface area (Å²) in [5, 5.41) is 0. The first kappa shape index (κ1) is 18.9. The van der Waals surface area contributed by atoms with Crippen LogP contribution in [0.5, 0.6) is 0 Å². The van der Waals surface area contributed by atoms with Crippen LogP contribution in [0.3, 0.4) is 0 Å². The molecule has 0 aliphatic carbocycles. The number of hydrogen-bond acceptors (Lipinski definition) is 2. The summed E-state index contributed by atoms with van der Waals surface area (Å²) < 4.78 is 99.0. The molecule has 10 heteroatoms. The minimum atomic E-state index is -6.25. The molecule has 0 atom stereocenters. The third-order valence-electron chi connectivity index (χ3n) is 2.07. The van der Waals surface area contributed by atoms with Crippen LogP contribution in [0, 0.1) is 0 Å². The van der Waals surface area contributed by atoms with Gasteiger partial charge in [0, 0.05) is 0 Å². The van der Waals surface area contributed by atoms with E-state index < -0.39 is 28.4 Å². The van der Waals surface area contributed by atoms with Crippen LogP contribution in [-0.4, -0.2) is 34.1 Å². The quantitative estimate of drug-likeness (QED) is 0.364. The van der Waals surface area contributed by atoms with E-state index in [2.05, 4.69) is 12.2 Å². The van der Waals surface area contributed by atoms with Gasteiger partial charge in [0.05, 0.1) is 0 Å². The summed E-state index contributed by atoms with van der Waals surface area (Å²) in [4.78, 5) is 0. The van der Waals surface area contributed by atoms with E-state index in [0.29, 0.717) is 12.8 Å². The normalized spacial score (nSPS) is 14.0. The van der Waals surface area contributed by atoms with E-state index in [0.717, 1.165) is 0 Å². The second-order valence-corrected chi connectivity index (χ2v) is 5.33. The lowest BCUT2D eigenvalue weighted by Gasteiger charge is -2.32. The first-order valence-corrected chi connectivity index (χ1v) is 6.41. The molecule has 0 rings (SSSR count). The number of hydrogen-bond donors (Lipinski definition) is 0. The Hall–Kier alpha value is -0.120. The maximum absolute atomic E-state index is 13.2. The lowest BCUT2D eigenvalue weighted by atomic mass is 10.1. The summed E-state index contributed by atoms with van der Waals surface area (Å²) in [7, 11) is 0. The number of alkyl halides is 8. The first-order chi connectivity index (χ1) is 8.42. The Morgan fingerprint density at radius 2 is 1.58 bits per heavy atom. The highest BCUT2D eigenvalue weighted by atomic mass is 32.2. The summed E-state index contributed by atoms with van der Waals surface area (Å²) in [6.07, 6.45) is -4.03. The lowest BCUT2D eigenvalue weighted by molar-refractivity contribution is -0.318. The van der Waals surface area contributed by atoms with Crippen LogP contribution in [0.1, 0.15) is 19.8 Å². The molecule has 0 saturated carbocycles. The average molecular weight is 334 g/mol. The topological polar surface area (TPSA) is 0 Å². The zero-order valence-corrected chi connectivity index (χ0v) is 11.2. The van der Waals surface area contributed by atoms with Crippen LogP contribution in [0.25, 0.3) is 0 Å². The van der Waals surface area contributed by atoms with Crippen molar-refractivity contribution in [2.75, 3.05) is 5.75 Å². The Bertz CT molecular complexity index is 315. The van der Waals surface area contributed by atoms with Crippen LogP contribution in [-0.2, 0) is 0 Å². The summed E-state index contributed by atoms with van der Waals surface area (Å²) >= 11 is 4.05. The minimum Gasteiger partial charge on any atom is -0.203 e. The number of halogens is 8. The molecule has 114 valence electrons. The van der Waals surface area contributed by atoms with Gasteiger partial charge in [-0.05, 0) is 12.2 Å². The van der Waals surface area contributed by atoms with E-state index >= 15 is 0 Å². The maximum Gasteiger partial charge on any atom is 0.383 e. The molecule has 0 aliphatic heterocycles. The van der Waals surface area contributed by atoms with Gasteiger partial charge in [-0.2, -0.15) is 26.3 Å². The molecule has 0 radical (unpaired) electrons. The molecule has 0 N–H and O–H groups in total. The fourth-order valence-electron chi connectivity index (χ4n) is 0.874. The van der Waals surface area contributed by atoms with Crippen LogP contribution >= 0.6 is 24.0 Å². The molecule has 0 unspecified atom stereocenters. The standard InChI is InChI=1S/C9H10F8S2/c1-2-3-4-19-6(18)8(14,15)9(16,17)7(12,13)5(10)11/h5H,2-4H2,1H3. The summed E-state index contributed by atoms with van der Waals surface area (Å²) in [5.74, 6) is -18.0. The van der Waals surface area contributed by atoms with E-state index in [1.54, 1.807) is 6.92 Å². The van der Waals surface area contributed by atoms with Gasteiger partial charge in [-0.1, -0.05) is 25.6 Å². The van der Waals surface area contributed by atoms with E-state index in [1.807, 2.05) is 0 Å². The number of unbranched alkanes of at least 4 members (excludes halogenated alkanes) is 1. The fourth-order valence-corrected chi connectivity index (χ4v) is 2.18. The second kappa shape index (κ2) is 6.55. The largest absolute Gasteiger partial charge is 0.383 e.